The van der Waals surface area contributed by atoms with Gasteiger partial charge in [0.15, 0.2) is 0 Å². The Hall–Kier alpha value is -2.28. The van der Waals surface area contributed by atoms with Crippen LogP contribution in [0.5, 0.6) is 0 Å². The van der Waals surface area contributed by atoms with Gasteiger partial charge in [-0.1, -0.05) is 28.1 Å². The molecule has 0 saturated carbocycles. The predicted octanol–water partition coefficient (Wildman–Crippen LogP) is 3.94. The third-order valence-corrected chi connectivity index (χ3v) is 2.95. The Morgan fingerprint density at radius 3 is 2.75 bits per heavy atom. The van der Waals surface area contributed by atoms with Gasteiger partial charge in [0.1, 0.15) is 11.5 Å². The van der Waals surface area contributed by atoms with Crippen molar-refractivity contribution in [2.75, 3.05) is 5.43 Å². The van der Waals surface area contributed by atoms with E-state index in [1.54, 1.807) is 24.3 Å². The molecule has 0 spiro atoms. The Morgan fingerprint density at radius 1 is 1.30 bits per heavy atom. The molecule has 0 amide bonds. The second kappa shape index (κ2) is 6.25. The maximum absolute atomic E-state index is 13.5. The van der Waals surface area contributed by atoms with Crippen LogP contribution in [0.25, 0.3) is 0 Å². The number of nitrogens with one attached hydrogen (secondary N) is 1. The van der Waals surface area contributed by atoms with Crippen LogP contribution in [0, 0.1) is 15.9 Å². The zero-order valence-electron chi connectivity index (χ0n) is 10.1. The van der Waals surface area contributed by atoms with Crippen LogP contribution in [0.4, 0.5) is 15.8 Å². The van der Waals surface area contributed by atoms with E-state index >= 15 is 0 Å². The van der Waals surface area contributed by atoms with Crippen LogP contribution in [-0.2, 0) is 0 Å². The van der Waals surface area contributed by atoms with Crippen molar-refractivity contribution in [2.45, 2.75) is 0 Å². The Balaban J connectivity index is 2.16. The van der Waals surface area contributed by atoms with E-state index in [9.17, 15) is 14.5 Å². The normalized spacial score (nSPS) is 10.7. The minimum absolute atomic E-state index is 0.0964. The van der Waals surface area contributed by atoms with Gasteiger partial charge in [-0.2, -0.15) is 5.10 Å². The molecule has 2 rings (SSSR count). The second-order valence-electron chi connectivity index (χ2n) is 3.81. The lowest BCUT2D eigenvalue weighted by Gasteiger charge is -2.01. The van der Waals surface area contributed by atoms with Gasteiger partial charge in [-0.15, -0.1) is 0 Å². The molecule has 0 aliphatic heterocycles. The number of hydrogen-bond donors (Lipinski definition) is 1. The highest BCUT2D eigenvalue weighted by Crippen LogP contribution is 2.23. The van der Waals surface area contributed by atoms with Crippen molar-refractivity contribution in [1.82, 2.24) is 0 Å². The van der Waals surface area contributed by atoms with Crippen molar-refractivity contribution in [1.29, 1.82) is 0 Å². The maximum Gasteiger partial charge on any atom is 0.294 e. The summed E-state index contributed by atoms with van der Waals surface area (Å²) in [6, 6.07) is 10.6. The first-order chi connectivity index (χ1) is 9.58. The Kier molecular flexibility index (Phi) is 4.41. The Bertz CT molecular complexity index is 676. The molecule has 0 saturated heterocycles. The lowest BCUT2D eigenvalue weighted by Crippen LogP contribution is -1.97. The van der Waals surface area contributed by atoms with E-state index in [0.717, 1.165) is 0 Å². The third kappa shape index (κ3) is 3.39. The highest BCUT2D eigenvalue weighted by atomic mass is 79.9. The molecule has 0 aromatic heterocycles. The molecule has 0 aliphatic carbocycles. The van der Waals surface area contributed by atoms with Gasteiger partial charge in [0.25, 0.3) is 5.69 Å². The SMILES string of the molecule is O=[N+]([O-])c1ccccc1N/N=C\c1ccc(Br)cc1F. The summed E-state index contributed by atoms with van der Waals surface area (Å²) < 4.78 is 14.2. The molecular weight excluding hydrogens is 329 g/mol. The van der Waals surface area contributed by atoms with E-state index in [1.807, 2.05) is 0 Å². The van der Waals surface area contributed by atoms with Crippen LogP contribution in [0.15, 0.2) is 52.0 Å². The number of hydrazone groups is 1. The Labute approximate surface area is 122 Å². The fourth-order valence-corrected chi connectivity index (χ4v) is 1.84. The van der Waals surface area contributed by atoms with Crippen LogP contribution in [0.2, 0.25) is 0 Å². The summed E-state index contributed by atoms with van der Waals surface area (Å²) in [7, 11) is 0. The van der Waals surface area contributed by atoms with Crippen molar-refractivity contribution < 1.29 is 9.31 Å². The number of benzene rings is 2. The standard InChI is InChI=1S/C13H9BrFN3O2/c14-10-6-5-9(11(15)7-10)8-16-17-12-3-1-2-4-13(12)18(19)20/h1-8,17H/b16-8-. The molecule has 0 fully saturated rings. The first-order valence-electron chi connectivity index (χ1n) is 5.55. The molecule has 0 unspecified atom stereocenters. The topological polar surface area (TPSA) is 67.5 Å². The first kappa shape index (κ1) is 14.1. The predicted molar refractivity (Wildman–Crippen MR) is 78.4 cm³/mol. The van der Waals surface area contributed by atoms with Gasteiger partial charge in [-0.3, -0.25) is 15.5 Å². The number of nitro groups is 1. The highest BCUT2D eigenvalue weighted by Gasteiger charge is 2.11. The largest absolute Gasteiger partial charge is 0.294 e. The van der Waals surface area contributed by atoms with Gasteiger partial charge in [-0.05, 0) is 24.3 Å². The monoisotopic (exact) mass is 337 g/mol. The molecule has 0 atom stereocenters. The number of rotatable bonds is 4. The molecule has 7 heteroatoms. The number of nitrogens with zero attached hydrogens (tertiary/aromatic N) is 2. The molecule has 2 aromatic rings. The molecule has 0 bridgehead atoms. The van der Waals surface area contributed by atoms with Crippen molar-refractivity contribution >= 4 is 33.5 Å². The lowest BCUT2D eigenvalue weighted by atomic mass is 10.2. The smallest absolute Gasteiger partial charge is 0.272 e. The zero-order chi connectivity index (χ0) is 14.5. The van der Waals surface area contributed by atoms with E-state index in [-0.39, 0.29) is 16.9 Å². The number of anilines is 1. The molecule has 0 radical (unpaired) electrons. The van der Waals surface area contributed by atoms with Gasteiger partial charge < -0.3 is 0 Å². The minimum atomic E-state index is -0.516. The van der Waals surface area contributed by atoms with Crippen LogP contribution >= 0.6 is 15.9 Å². The molecule has 20 heavy (non-hydrogen) atoms. The fraction of sp³-hybridized carbons (Fsp3) is 0. The summed E-state index contributed by atoms with van der Waals surface area (Å²) in [5, 5.41) is 14.6. The number of para-hydroxylation sites is 2. The average Bonchev–Trinajstić information content (AvgIpc) is 2.41. The van der Waals surface area contributed by atoms with Gasteiger partial charge in [0, 0.05) is 16.1 Å². The van der Waals surface area contributed by atoms with Crippen molar-refractivity contribution in [2.24, 2.45) is 5.10 Å². The number of nitro benzene ring substituents is 1. The molecule has 5 nitrogen and oxygen atoms in total. The van der Waals surface area contributed by atoms with Gasteiger partial charge in [0.05, 0.1) is 11.1 Å². The molecular formula is C13H9BrFN3O2. The van der Waals surface area contributed by atoms with Crippen LogP contribution in [0.1, 0.15) is 5.56 Å². The molecule has 102 valence electrons. The number of hydrogen-bond acceptors (Lipinski definition) is 4. The zero-order valence-corrected chi connectivity index (χ0v) is 11.7. The lowest BCUT2D eigenvalue weighted by molar-refractivity contribution is -0.384. The van der Waals surface area contributed by atoms with Crippen LogP contribution < -0.4 is 5.43 Å². The highest BCUT2D eigenvalue weighted by molar-refractivity contribution is 9.10. The minimum Gasteiger partial charge on any atom is -0.272 e. The van der Waals surface area contributed by atoms with E-state index in [2.05, 4.69) is 26.5 Å². The van der Waals surface area contributed by atoms with Crippen molar-refractivity contribution in [3.63, 3.8) is 0 Å². The van der Waals surface area contributed by atoms with E-state index in [4.69, 9.17) is 0 Å². The fourth-order valence-electron chi connectivity index (χ4n) is 1.50. The molecule has 0 aliphatic rings. The van der Waals surface area contributed by atoms with E-state index in [0.29, 0.717) is 4.47 Å². The van der Waals surface area contributed by atoms with Gasteiger partial charge in [0.2, 0.25) is 0 Å². The summed E-state index contributed by atoms with van der Waals surface area (Å²) in [6.45, 7) is 0. The maximum atomic E-state index is 13.5. The van der Waals surface area contributed by atoms with E-state index < -0.39 is 10.7 Å². The van der Waals surface area contributed by atoms with Gasteiger partial charge in [-0.25, -0.2) is 4.39 Å². The van der Waals surface area contributed by atoms with Crippen LogP contribution in [-0.4, -0.2) is 11.1 Å². The van der Waals surface area contributed by atoms with E-state index in [1.165, 1.54) is 24.4 Å². The molecule has 2 aromatic carbocycles. The van der Waals surface area contributed by atoms with Gasteiger partial charge >= 0.3 is 0 Å². The molecule has 0 heterocycles. The van der Waals surface area contributed by atoms with Crippen LogP contribution in [0.3, 0.4) is 0 Å². The average molecular weight is 338 g/mol. The second-order valence-corrected chi connectivity index (χ2v) is 4.73. The first-order valence-corrected chi connectivity index (χ1v) is 6.35. The Morgan fingerprint density at radius 2 is 2.05 bits per heavy atom. The summed E-state index contributed by atoms with van der Waals surface area (Å²) in [4.78, 5) is 10.3. The summed E-state index contributed by atoms with van der Waals surface area (Å²) in [5.41, 5.74) is 2.96. The molecule has 1 N–H and O–H groups in total. The summed E-state index contributed by atoms with van der Waals surface area (Å²) >= 11 is 3.15. The summed E-state index contributed by atoms with van der Waals surface area (Å²) in [6.07, 6.45) is 1.26. The summed E-state index contributed by atoms with van der Waals surface area (Å²) in [5.74, 6) is -0.438. The third-order valence-electron chi connectivity index (χ3n) is 2.45. The van der Waals surface area contributed by atoms with Crippen molar-refractivity contribution in [3.05, 3.63) is 68.4 Å². The quantitative estimate of drug-likeness (QED) is 0.522. The van der Waals surface area contributed by atoms with Crippen molar-refractivity contribution in [3.8, 4) is 0 Å². The number of halogens is 2.